The first-order valence-electron chi connectivity index (χ1n) is 5.36. The Balaban J connectivity index is 2.73. The van der Waals surface area contributed by atoms with E-state index in [4.69, 9.17) is 11.8 Å². The summed E-state index contributed by atoms with van der Waals surface area (Å²) in [6.07, 6.45) is 1.42. The summed E-state index contributed by atoms with van der Waals surface area (Å²) in [5, 5.41) is 0. The summed E-state index contributed by atoms with van der Waals surface area (Å²) in [7, 11) is -2.01. The molecule has 0 radical (unpaired) electrons. The number of anilines is 1. The molecule has 0 aliphatic carbocycles. The van der Waals surface area contributed by atoms with E-state index in [0.29, 0.717) is 12.1 Å². The van der Waals surface area contributed by atoms with Crippen LogP contribution in [0.25, 0.3) is 0 Å². The van der Waals surface area contributed by atoms with Gasteiger partial charge < -0.3 is 4.74 Å². The average molecular weight is 307 g/mol. The van der Waals surface area contributed by atoms with Gasteiger partial charge in [0.15, 0.2) is 0 Å². The van der Waals surface area contributed by atoms with E-state index < -0.39 is 22.0 Å². The third-order valence-corrected chi connectivity index (χ3v) is 3.18. The lowest BCUT2D eigenvalue weighted by atomic mass is 10.1. The molecule has 0 unspecified atom stereocenters. The monoisotopic (exact) mass is 306 g/mol. The van der Waals surface area contributed by atoms with Gasteiger partial charge in [-0.25, -0.2) is 13.3 Å². The summed E-state index contributed by atoms with van der Waals surface area (Å²) < 4.78 is 29.0. The van der Waals surface area contributed by atoms with Crippen LogP contribution >= 0.6 is 11.8 Å². The van der Waals surface area contributed by atoms with Crippen LogP contribution in [0.2, 0.25) is 0 Å². The van der Waals surface area contributed by atoms with Gasteiger partial charge in [0, 0.05) is 5.69 Å². The highest BCUT2D eigenvalue weighted by Crippen LogP contribution is 2.12. The van der Waals surface area contributed by atoms with Gasteiger partial charge in [0.05, 0.1) is 13.4 Å². The number of nitrogens with one attached hydrogen (secondary N) is 2. The third-order valence-electron chi connectivity index (χ3n) is 2.31. The Kier molecular flexibility index (Phi) is 5.59. The first-order valence-corrected chi connectivity index (χ1v) is 7.63. The van der Waals surface area contributed by atoms with Crippen molar-refractivity contribution in [1.82, 2.24) is 4.84 Å². The van der Waals surface area contributed by atoms with Crippen molar-refractivity contribution >= 4 is 33.5 Å². The van der Waals surface area contributed by atoms with E-state index in [1.54, 1.807) is 24.3 Å². The number of benzene rings is 1. The molecular weight excluding hydrogens is 292 g/mol. The number of esters is 1. The molecule has 0 saturated heterocycles. The Labute approximate surface area is 117 Å². The molecule has 0 aliphatic heterocycles. The minimum Gasteiger partial charge on any atom is -0.468 e. The van der Waals surface area contributed by atoms with Crippen molar-refractivity contribution < 1.29 is 17.9 Å². The molecule has 0 fully saturated rings. The van der Waals surface area contributed by atoms with E-state index >= 15 is 0 Å². The molecule has 0 aromatic heterocycles. The fraction of sp³-hybridized carbons (Fsp3) is 0.364. The van der Waals surface area contributed by atoms with Crippen LogP contribution in [0.3, 0.4) is 0 Å². The molecule has 1 aromatic rings. The van der Waals surface area contributed by atoms with Crippen LogP contribution in [0.4, 0.5) is 5.69 Å². The molecule has 1 aromatic carbocycles. The van der Waals surface area contributed by atoms with Crippen molar-refractivity contribution in [3.05, 3.63) is 29.8 Å². The number of ether oxygens (including phenoxy) is 1. The van der Waals surface area contributed by atoms with Crippen LogP contribution in [-0.4, -0.2) is 33.8 Å². The third kappa shape index (κ3) is 5.46. The second-order valence-corrected chi connectivity index (χ2v) is 5.93. The molecule has 19 heavy (non-hydrogen) atoms. The number of rotatable bonds is 6. The van der Waals surface area contributed by atoms with E-state index in [2.05, 4.69) is 14.3 Å². The Hall–Kier alpha value is -1.31. The molecule has 6 nitrogen and oxygen atoms in total. The zero-order valence-corrected chi connectivity index (χ0v) is 12.1. The molecule has 0 aliphatic rings. The summed E-state index contributed by atoms with van der Waals surface area (Å²) in [4.78, 5) is 13.7. The normalized spacial score (nSPS) is 12.8. The standard InChI is InChI=1S/C11H15ClN2O4S/c1-18-11(15)10(13-12)7-8-3-5-9(6-4-8)14-19(2,16)17/h3-6,10,13-14H,7H2,1-2H3/t10-/m0/s1. The number of halogens is 1. The quantitative estimate of drug-likeness (QED) is 0.602. The summed E-state index contributed by atoms with van der Waals surface area (Å²) in [5.74, 6) is -0.465. The first-order chi connectivity index (χ1) is 8.85. The first kappa shape index (κ1) is 15.7. The van der Waals surface area contributed by atoms with Gasteiger partial charge in [-0.2, -0.15) is 0 Å². The zero-order chi connectivity index (χ0) is 14.5. The van der Waals surface area contributed by atoms with Crippen LogP contribution in [-0.2, 0) is 26.0 Å². The lowest BCUT2D eigenvalue weighted by molar-refractivity contribution is -0.142. The van der Waals surface area contributed by atoms with Gasteiger partial charge in [-0.05, 0) is 35.9 Å². The highest BCUT2D eigenvalue weighted by molar-refractivity contribution is 7.92. The van der Waals surface area contributed by atoms with Crippen molar-refractivity contribution in [2.75, 3.05) is 18.1 Å². The molecule has 106 valence electrons. The highest BCUT2D eigenvalue weighted by atomic mass is 35.5. The molecule has 8 heteroatoms. The van der Waals surface area contributed by atoms with Crippen molar-refractivity contribution in [2.24, 2.45) is 0 Å². The van der Waals surface area contributed by atoms with Gasteiger partial charge in [0.2, 0.25) is 10.0 Å². The van der Waals surface area contributed by atoms with Crippen LogP contribution in [0, 0.1) is 0 Å². The van der Waals surface area contributed by atoms with Crippen LogP contribution in [0.5, 0.6) is 0 Å². The van der Waals surface area contributed by atoms with E-state index in [-0.39, 0.29) is 0 Å². The number of methoxy groups -OCH3 is 1. The van der Waals surface area contributed by atoms with E-state index in [1.165, 1.54) is 7.11 Å². The average Bonchev–Trinajstić information content (AvgIpc) is 2.35. The molecule has 0 heterocycles. The molecule has 1 atom stereocenters. The second-order valence-electron chi connectivity index (χ2n) is 3.96. The number of hydrogen-bond acceptors (Lipinski definition) is 5. The van der Waals surface area contributed by atoms with Gasteiger partial charge >= 0.3 is 5.97 Å². The SMILES string of the molecule is COC(=O)[C@H](Cc1ccc(NS(C)(=O)=O)cc1)NCl. The van der Waals surface area contributed by atoms with Gasteiger partial charge in [0.1, 0.15) is 6.04 Å². The highest BCUT2D eigenvalue weighted by Gasteiger charge is 2.18. The summed E-state index contributed by atoms with van der Waals surface area (Å²) in [6, 6.07) is 5.98. The Morgan fingerprint density at radius 1 is 1.37 bits per heavy atom. The summed E-state index contributed by atoms with van der Waals surface area (Å²) in [5.41, 5.74) is 1.28. The minimum absolute atomic E-state index is 0.343. The van der Waals surface area contributed by atoms with Crippen molar-refractivity contribution in [1.29, 1.82) is 0 Å². The predicted octanol–water partition coefficient (Wildman–Crippen LogP) is 0.886. The van der Waals surface area contributed by atoms with Crippen molar-refractivity contribution in [3.63, 3.8) is 0 Å². The van der Waals surface area contributed by atoms with Crippen LogP contribution < -0.4 is 9.56 Å². The molecule has 1 rings (SSSR count). The zero-order valence-electron chi connectivity index (χ0n) is 10.5. The lowest BCUT2D eigenvalue weighted by Gasteiger charge is -2.12. The number of hydrogen-bond donors (Lipinski definition) is 2. The number of carbonyl (C=O) groups excluding carboxylic acids is 1. The number of carbonyl (C=O) groups is 1. The van der Waals surface area contributed by atoms with E-state index in [1.807, 2.05) is 0 Å². The maximum Gasteiger partial charge on any atom is 0.324 e. The molecule has 0 spiro atoms. The Morgan fingerprint density at radius 2 is 1.95 bits per heavy atom. The molecule has 0 saturated carbocycles. The summed E-state index contributed by atoms with van der Waals surface area (Å²) >= 11 is 5.47. The fourth-order valence-corrected chi connectivity index (χ4v) is 2.20. The second kappa shape index (κ2) is 6.74. The van der Waals surface area contributed by atoms with E-state index in [9.17, 15) is 13.2 Å². The largest absolute Gasteiger partial charge is 0.468 e. The Bertz CT molecular complexity index is 530. The van der Waals surface area contributed by atoms with Gasteiger partial charge in [-0.1, -0.05) is 12.1 Å². The molecule has 0 amide bonds. The van der Waals surface area contributed by atoms with Crippen LogP contribution in [0.1, 0.15) is 5.56 Å². The minimum atomic E-state index is -3.29. The smallest absolute Gasteiger partial charge is 0.324 e. The topological polar surface area (TPSA) is 84.5 Å². The molecule has 0 bridgehead atoms. The molecule has 2 N–H and O–H groups in total. The van der Waals surface area contributed by atoms with Crippen LogP contribution in [0.15, 0.2) is 24.3 Å². The Morgan fingerprint density at radius 3 is 2.37 bits per heavy atom. The van der Waals surface area contributed by atoms with E-state index in [0.717, 1.165) is 11.8 Å². The van der Waals surface area contributed by atoms with Gasteiger partial charge in [-0.3, -0.25) is 9.52 Å². The summed E-state index contributed by atoms with van der Waals surface area (Å²) in [6.45, 7) is 0. The lowest BCUT2D eigenvalue weighted by Crippen LogP contribution is -2.34. The van der Waals surface area contributed by atoms with Crippen molar-refractivity contribution in [2.45, 2.75) is 12.5 Å². The maximum atomic E-state index is 11.3. The van der Waals surface area contributed by atoms with Gasteiger partial charge in [0.25, 0.3) is 0 Å². The molecular formula is C11H15ClN2O4S. The number of sulfonamides is 1. The predicted molar refractivity (Wildman–Crippen MR) is 73.4 cm³/mol. The van der Waals surface area contributed by atoms with Gasteiger partial charge in [-0.15, -0.1) is 0 Å². The van der Waals surface area contributed by atoms with Crippen molar-refractivity contribution in [3.8, 4) is 0 Å². The maximum absolute atomic E-state index is 11.3. The fourth-order valence-electron chi connectivity index (χ4n) is 1.47.